The molecule has 1 amide bonds. The molecule has 0 aliphatic rings. The number of carbonyl (C=O) groups is 1. The summed E-state index contributed by atoms with van der Waals surface area (Å²) in [5.74, 6) is 0.582. The minimum Gasteiger partial charge on any atom is -0.497 e. The average Bonchev–Trinajstić information content (AvgIpc) is 3.09. The van der Waals surface area contributed by atoms with Crippen LogP contribution in [-0.2, 0) is 11.2 Å². The third-order valence-electron chi connectivity index (χ3n) is 3.62. The van der Waals surface area contributed by atoms with E-state index in [-0.39, 0.29) is 5.91 Å². The van der Waals surface area contributed by atoms with Crippen molar-refractivity contribution in [2.75, 3.05) is 12.4 Å². The Kier molecular flexibility index (Phi) is 6.20. The van der Waals surface area contributed by atoms with Crippen molar-refractivity contribution in [2.45, 2.75) is 6.42 Å². The van der Waals surface area contributed by atoms with Crippen molar-refractivity contribution in [1.29, 1.82) is 0 Å². The highest BCUT2D eigenvalue weighted by atomic mass is 79.9. The summed E-state index contributed by atoms with van der Waals surface area (Å²) in [6.45, 7) is 0. The van der Waals surface area contributed by atoms with Crippen molar-refractivity contribution in [1.82, 2.24) is 4.98 Å². The van der Waals surface area contributed by atoms with Crippen molar-refractivity contribution in [3.8, 4) is 5.75 Å². The number of benzene rings is 2. The Balaban J connectivity index is 1.56. The molecule has 1 heterocycles. The molecule has 0 aliphatic carbocycles. The predicted octanol–water partition coefficient (Wildman–Crippen LogP) is 5.16. The van der Waals surface area contributed by atoms with Gasteiger partial charge in [0.2, 0.25) is 5.91 Å². The quantitative estimate of drug-likeness (QED) is 0.551. The molecule has 0 aliphatic heterocycles. The van der Waals surface area contributed by atoms with Crippen molar-refractivity contribution < 1.29 is 9.53 Å². The molecule has 0 bridgehead atoms. The van der Waals surface area contributed by atoms with Gasteiger partial charge in [-0.05, 0) is 41.5 Å². The Bertz CT molecular complexity index is 902. The molecule has 0 spiro atoms. The fraction of sp³-hybridized carbons (Fsp3) is 0.100. The van der Waals surface area contributed by atoms with Gasteiger partial charge in [-0.1, -0.05) is 40.2 Å². The summed E-state index contributed by atoms with van der Waals surface area (Å²) in [5.41, 5.74) is 2.13. The maximum absolute atomic E-state index is 12.1. The third kappa shape index (κ3) is 5.28. The van der Waals surface area contributed by atoms with Crippen molar-refractivity contribution >= 4 is 44.4 Å². The number of nitrogens with zero attached hydrogens (tertiary/aromatic N) is 1. The first kappa shape index (κ1) is 18.4. The van der Waals surface area contributed by atoms with E-state index < -0.39 is 0 Å². The minimum atomic E-state index is -0.203. The Labute approximate surface area is 164 Å². The highest BCUT2D eigenvalue weighted by Gasteiger charge is 2.05. The van der Waals surface area contributed by atoms with Gasteiger partial charge in [-0.3, -0.25) is 10.1 Å². The first-order chi connectivity index (χ1) is 12.6. The highest BCUT2D eigenvalue weighted by Crippen LogP contribution is 2.22. The average molecular weight is 429 g/mol. The van der Waals surface area contributed by atoms with E-state index in [4.69, 9.17) is 4.74 Å². The van der Waals surface area contributed by atoms with E-state index in [1.54, 1.807) is 19.4 Å². The number of thiazole rings is 1. The number of nitrogens with one attached hydrogen (secondary N) is 1. The van der Waals surface area contributed by atoms with Crippen LogP contribution in [0.1, 0.15) is 16.0 Å². The van der Waals surface area contributed by atoms with Gasteiger partial charge >= 0.3 is 0 Å². The van der Waals surface area contributed by atoms with Crippen molar-refractivity contribution in [3.05, 3.63) is 81.3 Å². The van der Waals surface area contributed by atoms with Crippen LogP contribution in [0.15, 0.2) is 65.3 Å². The molecule has 3 rings (SSSR count). The molecule has 0 saturated carbocycles. The number of amides is 1. The molecule has 1 aromatic heterocycles. The number of aromatic nitrogens is 1. The minimum absolute atomic E-state index is 0.203. The topological polar surface area (TPSA) is 51.2 Å². The maximum atomic E-state index is 12.1. The van der Waals surface area contributed by atoms with Crippen LogP contribution in [0.4, 0.5) is 5.13 Å². The number of hydrogen-bond acceptors (Lipinski definition) is 4. The molecule has 6 heteroatoms. The number of anilines is 1. The number of methoxy groups -OCH3 is 1. The molecular formula is C20H17BrN2O2S. The van der Waals surface area contributed by atoms with Crippen molar-refractivity contribution in [3.63, 3.8) is 0 Å². The Morgan fingerprint density at radius 3 is 2.62 bits per heavy atom. The molecule has 132 valence electrons. The molecule has 3 aromatic rings. The normalized spacial score (nSPS) is 10.8. The summed E-state index contributed by atoms with van der Waals surface area (Å²) >= 11 is 4.91. The molecule has 26 heavy (non-hydrogen) atoms. The van der Waals surface area contributed by atoms with E-state index in [0.29, 0.717) is 5.13 Å². The lowest BCUT2D eigenvalue weighted by molar-refractivity contribution is -0.111. The van der Waals surface area contributed by atoms with E-state index in [2.05, 4.69) is 38.4 Å². The van der Waals surface area contributed by atoms with Gasteiger partial charge in [0.05, 0.1) is 7.11 Å². The van der Waals surface area contributed by atoms with Crippen molar-refractivity contribution in [2.24, 2.45) is 0 Å². The first-order valence-corrected chi connectivity index (χ1v) is 9.55. The van der Waals surface area contributed by atoms with Gasteiger partial charge in [-0.25, -0.2) is 4.98 Å². The van der Waals surface area contributed by atoms with Crippen LogP contribution in [0, 0.1) is 0 Å². The number of rotatable bonds is 6. The zero-order chi connectivity index (χ0) is 18.4. The van der Waals surface area contributed by atoms with Crippen LogP contribution in [-0.4, -0.2) is 18.0 Å². The van der Waals surface area contributed by atoms with E-state index in [0.717, 1.165) is 27.1 Å². The maximum Gasteiger partial charge on any atom is 0.250 e. The molecule has 0 unspecified atom stereocenters. The lowest BCUT2D eigenvalue weighted by Gasteiger charge is -1.99. The molecular weight excluding hydrogens is 412 g/mol. The van der Waals surface area contributed by atoms with Gasteiger partial charge in [0, 0.05) is 28.0 Å². The highest BCUT2D eigenvalue weighted by molar-refractivity contribution is 9.10. The zero-order valence-electron chi connectivity index (χ0n) is 14.1. The van der Waals surface area contributed by atoms with Gasteiger partial charge in [0.1, 0.15) is 5.75 Å². The molecule has 0 saturated heterocycles. The summed E-state index contributed by atoms with van der Waals surface area (Å²) in [6.07, 6.45) is 5.85. The third-order valence-corrected chi connectivity index (χ3v) is 5.06. The molecule has 0 fully saturated rings. The van der Waals surface area contributed by atoms with Crippen LogP contribution >= 0.6 is 27.3 Å². The summed E-state index contributed by atoms with van der Waals surface area (Å²) < 4.78 is 6.17. The van der Waals surface area contributed by atoms with Gasteiger partial charge in [-0.15, -0.1) is 11.3 Å². The van der Waals surface area contributed by atoms with Crippen LogP contribution in [0.5, 0.6) is 5.75 Å². The second kappa shape index (κ2) is 8.78. The molecule has 1 N–H and O–H groups in total. The molecule has 2 aromatic carbocycles. The van der Waals surface area contributed by atoms with E-state index >= 15 is 0 Å². The van der Waals surface area contributed by atoms with Crippen LogP contribution in [0.2, 0.25) is 0 Å². The summed E-state index contributed by atoms with van der Waals surface area (Å²) in [6, 6.07) is 15.7. The first-order valence-electron chi connectivity index (χ1n) is 7.94. The van der Waals surface area contributed by atoms with Gasteiger partial charge in [0.15, 0.2) is 5.13 Å². The Hall–Kier alpha value is -2.44. The Morgan fingerprint density at radius 2 is 1.92 bits per heavy atom. The smallest absolute Gasteiger partial charge is 0.250 e. The molecule has 4 nitrogen and oxygen atoms in total. The van der Waals surface area contributed by atoms with E-state index in [1.807, 2.05) is 36.4 Å². The summed E-state index contributed by atoms with van der Waals surface area (Å²) in [5, 5.41) is 3.40. The zero-order valence-corrected chi connectivity index (χ0v) is 16.5. The van der Waals surface area contributed by atoms with Gasteiger partial charge in [0.25, 0.3) is 0 Å². The Morgan fingerprint density at radius 1 is 1.19 bits per heavy atom. The van der Waals surface area contributed by atoms with E-state index in [1.165, 1.54) is 23.0 Å². The number of hydrogen-bond donors (Lipinski definition) is 1. The number of carbonyl (C=O) groups excluding carboxylic acids is 1. The van der Waals surface area contributed by atoms with Crippen LogP contribution in [0.25, 0.3) is 6.08 Å². The fourth-order valence-corrected chi connectivity index (χ4v) is 3.40. The van der Waals surface area contributed by atoms with Gasteiger partial charge < -0.3 is 4.74 Å². The standard InChI is InChI=1S/C20H17BrN2O2S/c1-25-17-9-4-14(5-10-17)6-11-19(24)23-20-22-13-18(26-20)12-15-2-7-16(21)8-3-15/h2-11,13H,12H2,1H3,(H,22,23,24)/b11-6+. The molecule has 0 radical (unpaired) electrons. The predicted molar refractivity (Wildman–Crippen MR) is 110 cm³/mol. The summed E-state index contributed by atoms with van der Waals surface area (Å²) in [4.78, 5) is 17.4. The summed E-state index contributed by atoms with van der Waals surface area (Å²) in [7, 11) is 1.62. The second-order valence-electron chi connectivity index (χ2n) is 5.53. The lowest BCUT2D eigenvalue weighted by atomic mass is 10.1. The lowest BCUT2D eigenvalue weighted by Crippen LogP contribution is -2.07. The number of ether oxygens (including phenoxy) is 1. The number of halogens is 1. The largest absolute Gasteiger partial charge is 0.497 e. The van der Waals surface area contributed by atoms with Gasteiger partial charge in [-0.2, -0.15) is 0 Å². The molecule has 0 atom stereocenters. The van der Waals surface area contributed by atoms with E-state index in [9.17, 15) is 4.79 Å². The monoisotopic (exact) mass is 428 g/mol. The SMILES string of the molecule is COc1ccc(/C=C/C(=O)Nc2ncc(Cc3ccc(Br)cc3)s2)cc1. The van der Waals surface area contributed by atoms with Crippen LogP contribution in [0.3, 0.4) is 0 Å². The second-order valence-corrected chi connectivity index (χ2v) is 7.56. The fourth-order valence-electron chi connectivity index (χ4n) is 2.28. The van der Waals surface area contributed by atoms with Crippen LogP contribution < -0.4 is 10.1 Å².